The van der Waals surface area contributed by atoms with Gasteiger partial charge in [0.15, 0.2) is 11.6 Å². The molecule has 0 spiro atoms. The van der Waals surface area contributed by atoms with Crippen molar-refractivity contribution in [3.8, 4) is 11.8 Å². The summed E-state index contributed by atoms with van der Waals surface area (Å²) in [4.78, 5) is 24.6. The number of halogens is 2. The van der Waals surface area contributed by atoms with Gasteiger partial charge in [0.05, 0.1) is 27.6 Å². The van der Waals surface area contributed by atoms with Crippen molar-refractivity contribution in [1.82, 2.24) is 0 Å². The zero-order chi connectivity index (χ0) is 18.0. The number of nitriles is 1. The van der Waals surface area contributed by atoms with Crippen LogP contribution in [0.2, 0.25) is 10.0 Å². The molecule has 2 rings (SSSR count). The minimum atomic E-state index is -0.567. The Balaban J connectivity index is 2.33. The van der Waals surface area contributed by atoms with Crippen molar-refractivity contribution in [2.45, 2.75) is 20.3 Å². The first-order chi connectivity index (χ1) is 11.3. The Hall–Kier alpha value is -2.35. The van der Waals surface area contributed by atoms with Gasteiger partial charge in [0.25, 0.3) is 0 Å². The first kappa shape index (κ1) is 18.0. The van der Waals surface area contributed by atoms with Gasteiger partial charge in [-0.05, 0) is 49.2 Å². The van der Waals surface area contributed by atoms with Gasteiger partial charge in [-0.25, -0.2) is 0 Å². The van der Waals surface area contributed by atoms with Crippen molar-refractivity contribution in [3.63, 3.8) is 0 Å². The van der Waals surface area contributed by atoms with Gasteiger partial charge >= 0.3 is 0 Å². The Morgan fingerprint density at radius 1 is 1.12 bits per heavy atom. The smallest absolute Gasteiger partial charge is 0.174 e. The van der Waals surface area contributed by atoms with Gasteiger partial charge in [-0.3, -0.25) is 9.59 Å². The van der Waals surface area contributed by atoms with Crippen LogP contribution >= 0.6 is 23.2 Å². The number of phenolic OH excluding ortho intramolecular Hbond substituents is 1. The number of phenols is 1. The number of carbonyl (C=O) groups excluding carboxylic acids is 2. The molecule has 2 aromatic carbocycles. The highest BCUT2D eigenvalue weighted by atomic mass is 35.5. The summed E-state index contributed by atoms with van der Waals surface area (Å²) in [6, 6.07) is 7.70. The Kier molecular flexibility index (Phi) is 5.28. The van der Waals surface area contributed by atoms with Crippen molar-refractivity contribution in [1.29, 1.82) is 5.26 Å². The molecule has 0 radical (unpaired) electrons. The van der Waals surface area contributed by atoms with Gasteiger partial charge in [0.1, 0.15) is 11.8 Å². The number of carbonyl (C=O) groups is 2. The van der Waals surface area contributed by atoms with E-state index in [1.165, 1.54) is 24.3 Å². The predicted molar refractivity (Wildman–Crippen MR) is 92.0 cm³/mol. The van der Waals surface area contributed by atoms with Crippen LogP contribution in [0.1, 0.15) is 43.8 Å². The fourth-order valence-corrected chi connectivity index (χ4v) is 2.56. The van der Waals surface area contributed by atoms with E-state index >= 15 is 0 Å². The molecule has 2 aromatic rings. The summed E-state index contributed by atoms with van der Waals surface area (Å²) in [6.07, 6.45) is -0.446. The first-order valence-corrected chi connectivity index (χ1v) is 7.76. The number of hydrogen-bond donors (Lipinski definition) is 1. The minimum absolute atomic E-state index is 0.0388. The standard InChI is InChI=1S/C18H13Cl2NO3/c1-9-5-12(18(24)13(8-21)10(9)2)17(23)7-16(22)11-3-4-14(19)15(20)6-11/h3-6,24H,7H2,1-2H3. The lowest BCUT2D eigenvalue weighted by Gasteiger charge is -2.10. The summed E-state index contributed by atoms with van der Waals surface area (Å²) in [7, 11) is 0. The quantitative estimate of drug-likeness (QED) is 0.635. The highest BCUT2D eigenvalue weighted by molar-refractivity contribution is 6.42. The number of hydrogen-bond acceptors (Lipinski definition) is 4. The number of nitrogens with zero attached hydrogens (tertiary/aromatic N) is 1. The van der Waals surface area contributed by atoms with Gasteiger partial charge in [0, 0.05) is 5.56 Å². The molecular weight excluding hydrogens is 349 g/mol. The molecule has 0 atom stereocenters. The Morgan fingerprint density at radius 2 is 1.79 bits per heavy atom. The topological polar surface area (TPSA) is 78.2 Å². The van der Waals surface area contributed by atoms with Crippen molar-refractivity contribution < 1.29 is 14.7 Å². The number of aryl methyl sites for hydroxylation is 1. The molecule has 0 unspecified atom stereocenters. The summed E-state index contributed by atoms with van der Waals surface area (Å²) in [5, 5.41) is 19.8. The zero-order valence-corrected chi connectivity index (χ0v) is 14.5. The van der Waals surface area contributed by atoms with Crippen LogP contribution in [0.15, 0.2) is 24.3 Å². The van der Waals surface area contributed by atoms with E-state index in [0.717, 1.165) is 0 Å². The van der Waals surface area contributed by atoms with Crippen LogP contribution < -0.4 is 0 Å². The third kappa shape index (κ3) is 3.43. The van der Waals surface area contributed by atoms with E-state index in [1.54, 1.807) is 13.8 Å². The lowest BCUT2D eigenvalue weighted by molar-refractivity contribution is 0.0893. The monoisotopic (exact) mass is 361 g/mol. The molecule has 0 saturated heterocycles. The second-order valence-electron chi connectivity index (χ2n) is 5.35. The summed E-state index contributed by atoms with van der Waals surface area (Å²) in [6.45, 7) is 3.41. The van der Waals surface area contributed by atoms with Crippen molar-refractivity contribution in [3.05, 3.63) is 62.1 Å². The molecule has 0 aliphatic rings. The highest BCUT2D eigenvalue weighted by Gasteiger charge is 2.21. The van der Waals surface area contributed by atoms with Crippen molar-refractivity contribution >= 4 is 34.8 Å². The van der Waals surface area contributed by atoms with Gasteiger partial charge in [-0.2, -0.15) is 5.26 Å². The maximum Gasteiger partial charge on any atom is 0.174 e. The number of aromatic hydroxyl groups is 1. The molecule has 0 aliphatic carbocycles. The molecule has 0 heterocycles. The van der Waals surface area contributed by atoms with Crippen LogP contribution in [-0.4, -0.2) is 16.7 Å². The average molecular weight is 362 g/mol. The van der Waals surface area contributed by atoms with Crippen LogP contribution in [0.5, 0.6) is 5.75 Å². The SMILES string of the molecule is Cc1cc(C(=O)CC(=O)c2ccc(Cl)c(Cl)c2)c(O)c(C#N)c1C. The summed E-state index contributed by atoms with van der Waals surface area (Å²) in [5.74, 6) is -1.41. The molecule has 0 amide bonds. The van der Waals surface area contributed by atoms with Crippen LogP contribution in [0.4, 0.5) is 0 Å². The minimum Gasteiger partial charge on any atom is -0.506 e. The fourth-order valence-electron chi connectivity index (χ4n) is 2.26. The van der Waals surface area contributed by atoms with Crippen molar-refractivity contribution in [2.75, 3.05) is 0 Å². The zero-order valence-electron chi connectivity index (χ0n) is 13.0. The third-order valence-electron chi connectivity index (χ3n) is 3.79. The second kappa shape index (κ2) is 7.04. The van der Waals surface area contributed by atoms with E-state index in [1.807, 2.05) is 6.07 Å². The highest BCUT2D eigenvalue weighted by Crippen LogP contribution is 2.29. The summed E-state index contributed by atoms with van der Waals surface area (Å²) in [5.41, 5.74) is 1.54. The lowest BCUT2D eigenvalue weighted by atomic mass is 9.94. The molecular formula is C18H13Cl2NO3. The van der Waals surface area contributed by atoms with E-state index in [-0.39, 0.29) is 21.7 Å². The molecule has 0 saturated carbocycles. The van der Waals surface area contributed by atoms with E-state index in [4.69, 9.17) is 28.5 Å². The lowest BCUT2D eigenvalue weighted by Crippen LogP contribution is -2.10. The maximum atomic E-state index is 12.4. The van der Waals surface area contributed by atoms with E-state index in [0.29, 0.717) is 16.1 Å². The van der Waals surface area contributed by atoms with Crippen molar-refractivity contribution in [2.24, 2.45) is 0 Å². The molecule has 0 fully saturated rings. The first-order valence-electron chi connectivity index (χ1n) is 7.01. The van der Waals surface area contributed by atoms with Gasteiger partial charge in [-0.15, -0.1) is 0 Å². The van der Waals surface area contributed by atoms with E-state index in [9.17, 15) is 14.7 Å². The second-order valence-corrected chi connectivity index (χ2v) is 6.17. The molecule has 24 heavy (non-hydrogen) atoms. The molecule has 1 N–H and O–H groups in total. The number of rotatable bonds is 4. The average Bonchev–Trinajstić information content (AvgIpc) is 2.53. The fraction of sp³-hybridized carbons (Fsp3) is 0.167. The molecule has 4 nitrogen and oxygen atoms in total. The van der Waals surface area contributed by atoms with Crippen LogP contribution in [-0.2, 0) is 0 Å². The predicted octanol–water partition coefficient (Wildman–Crippen LogP) is 4.64. The van der Waals surface area contributed by atoms with Gasteiger partial charge < -0.3 is 5.11 Å². The molecule has 0 aliphatic heterocycles. The molecule has 0 bridgehead atoms. The molecule has 0 aromatic heterocycles. The Bertz CT molecular complexity index is 898. The number of Topliss-reactive ketones (excluding diaryl/α,β-unsaturated/α-hetero) is 2. The van der Waals surface area contributed by atoms with E-state index in [2.05, 4.69) is 0 Å². The molecule has 122 valence electrons. The largest absolute Gasteiger partial charge is 0.506 e. The van der Waals surface area contributed by atoms with Crippen LogP contribution in [0.25, 0.3) is 0 Å². The van der Waals surface area contributed by atoms with Gasteiger partial charge in [0.2, 0.25) is 0 Å². The summed E-state index contributed by atoms with van der Waals surface area (Å²) >= 11 is 11.7. The maximum absolute atomic E-state index is 12.4. The van der Waals surface area contributed by atoms with Crippen LogP contribution in [0.3, 0.4) is 0 Å². The van der Waals surface area contributed by atoms with Gasteiger partial charge in [-0.1, -0.05) is 23.2 Å². The number of ketones is 2. The Labute approximate surface area is 149 Å². The number of benzene rings is 2. The van der Waals surface area contributed by atoms with Crippen LogP contribution in [0, 0.1) is 25.2 Å². The summed E-state index contributed by atoms with van der Waals surface area (Å²) < 4.78 is 0. The Morgan fingerprint density at radius 3 is 2.38 bits per heavy atom. The normalized spacial score (nSPS) is 10.3. The molecule has 6 heteroatoms. The third-order valence-corrected chi connectivity index (χ3v) is 4.53. The van der Waals surface area contributed by atoms with E-state index < -0.39 is 23.7 Å².